The summed E-state index contributed by atoms with van der Waals surface area (Å²) in [5.74, 6) is 2.84. The van der Waals surface area contributed by atoms with Crippen molar-refractivity contribution in [3.8, 4) is 51.1 Å². The highest BCUT2D eigenvalue weighted by Gasteiger charge is 2.19. The molecule has 0 spiro atoms. The Kier molecular flexibility index (Phi) is 6.44. The zero-order chi connectivity index (χ0) is 24.2. The molecular weight excluding hydrogens is 438 g/mol. The maximum atomic E-state index is 11.4. The van der Waals surface area contributed by atoms with Crippen molar-refractivity contribution in [2.45, 2.75) is 0 Å². The number of anilines is 1. The number of hydrogen-bond donors (Lipinski definition) is 1. The average Bonchev–Trinajstić information content (AvgIpc) is 3.31. The van der Waals surface area contributed by atoms with Crippen LogP contribution in [0, 0.1) is 0 Å². The molecule has 0 fully saturated rings. The van der Waals surface area contributed by atoms with Crippen LogP contribution in [0.3, 0.4) is 0 Å². The second kappa shape index (κ2) is 9.62. The minimum absolute atomic E-state index is 0.495. The Morgan fingerprint density at radius 1 is 0.824 bits per heavy atom. The van der Waals surface area contributed by atoms with E-state index >= 15 is 0 Å². The van der Waals surface area contributed by atoms with E-state index in [2.05, 4.69) is 10.3 Å². The number of hydrogen-bond acceptors (Lipinski definition) is 7. The molecule has 4 rings (SSSR count). The molecule has 1 amide bonds. The number of carbonyl (C=O) groups excluding carboxylic acids is 1. The largest absolute Gasteiger partial charge is 0.497 e. The van der Waals surface area contributed by atoms with Crippen LogP contribution in [0.1, 0.15) is 0 Å². The Morgan fingerprint density at radius 3 is 2.12 bits per heavy atom. The second-order valence-electron chi connectivity index (χ2n) is 7.22. The van der Waals surface area contributed by atoms with Gasteiger partial charge in [0.05, 0.1) is 53.1 Å². The Labute approximate surface area is 196 Å². The van der Waals surface area contributed by atoms with Gasteiger partial charge in [0.15, 0.2) is 17.1 Å². The number of benzene rings is 2. The molecule has 34 heavy (non-hydrogen) atoms. The van der Waals surface area contributed by atoms with Crippen LogP contribution < -0.4 is 29.0 Å². The predicted molar refractivity (Wildman–Crippen MR) is 129 cm³/mol. The van der Waals surface area contributed by atoms with Gasteiger partial charge in [0, 0.05) is 29.0 Å². The van der Waals surface area contributed by atoms with Crippen LogP contribution in [0.4, 0.5) is 5.69 Å². The van der Waals surface area contributed by atoms with Gasteiger partial charge in [-0.15, -0.1) is 0 Å². The fourth-order valence-electron chi connectivity index (χ4n) is 3.88. The molecule has 0 aliphatic heterocycles. The summed E-state index contributed by atoms with van der Waals surface area (Å²) in [6.07, 6.45) is 4.28. The van der Waals surface area contributed by atoms with Crippen molar-refractivity contribution in [3.63, 3.8) is 0 Å². The predicted octanol–water partition coefficient (Wildman–Crippen LogP) is 4.28. The third kappa shape index (κ3) is 3.92. The van der Waals surface area contributed by atoms with Crippen molar-refractivity contribution in [1.82, 2.24) is 9.38 Å². The zero-order valence-corrected chi connectivity index (χ0v) is 19.5. The lowest BCUT2D eigenvalue weighted by molar-refractivity contribution is -0.105. The lowest BCUT2D eigenvalue weighted by atomic mass is 10.1. The van der Waals surface area contributed by atoms with Crippen LogP contribution in [0.5, 0.6) is 28.7 Å². The number of nitrogens with one attached hydrogen (secondary N) is 1. The van der Waals surface area contributed by atoms with Crippen molar-refractivity contribution in [2.24, 2.45) is 0 Å². The van der Waals surface area contributed by atoms with Gasteiger partial charge in [0.25, 0.3) is 0 Å². The molecule has 9 heteroatoms. The first kappa shape index (κ1) is 22.8. The normalized spacial score (nSPS) is 10.6. The molecule has 2 aromatic heterocycles. The number of amides is 1. The summed E-state index contributed by atoms with van der Waals surface area (Å²) in [5.41, 5.74) is 4.30. The van der Waals surface area contributed by atoms with Gasteiger partial charge in [-0.2, -0.15) is 0 Å². The molecule has 0 saturated heterocycles. The molecule has 2 aromatic carbocycles. The molecule has 0 radical (unpaired) electrons. The lowest BCUT2D eigenvalue weighted by Gasteiger charge is -2.15. The summed E-state index contributed by atoms with van der Waals surface area (Å²) in [4.78, 5) is 15.9. The van der Waals surface area contributed by atoms with E-state index < -0.39 is 0 Å². The monoisotopic (exact) mass is 463 g/mol. The van der Waals surface area contributed by atoms with E-state index in [1.165, 1.54) is 0 Å². The summed E-state index contributed by atoms with van der Waals surface area (Å²) in [5, 5.41) is 2.75. The molecule has 0 saturated carbocycles. The molecule has 176 valence electrons. The summed E-state index contributed by atoms with van der Waals surface area (Å²) in [7, 11) is 7.88. The number of aromatic nitrogens is 2. The highest BCUT2D eigenvalue weighted by molar-refractivity contribution is 5.87. The summed E-state index contributed by atoms with van der Waals surface area (Å²) in [6, 6.07) is 11.1. The van der Waals surface area contributed by atoms with Crippen LogP contribution in [-0.2, 0) is 4.79 Å². The molecule has 4 aromatic rings. The van der Waals surface area contributed by atoms with Gasteiger partial charge < -0.3 is 29.0 Å². The van der Waals surface area contributed by atoms with Crippen LogP contribution in [0.2, 0.25) is 0 Å². The summed E-state index contributed by atoms with van der Waals surface area (Å²) < 4.78 is 29.3. The molecule has 0 bridgehead atoms. The highest BCUT2D eigenvalue weighted by atomic mass is 16.5. The van der Waals surface area contributed by atoms with Gasteiger partial charge in [0.1, 0.15) is 11.5 Å². The van der Waals surface area contributed by atoms with Gasteiger partial charge in [-0.3, -0.25) is 9.20 Å². The molecule has 0 aliphatic rings. The van der Waals surface area contributed by atoms with Gasteiger partial charge >= 0.3 is 0 Å². The smallest absolute Gasteiger partial charge is 0.211 e. The topological polar surface area (TPSA) is 92.6 Å². The maximum absolute atomic E-state index is 11.4. The van der Waals surface area contributed by atoms with E-state index in [9.17, 15) is 4.79 Å². The van der Waals surface area contributed by atoms with Crippen molar-refractivity contribution in [3.05, 3.63) is 48.8 Å². The van der Waals surface area contributed by atoms with Crippen LogP contribution >= 0.6 is 0 Å². The molecule has 2 heterocycles. The van der Waals surface area contributed by atoms with Gasteiger partial charge in [-0.05, 0) is 30.3 Å². The first-order valence-corrected chi connectivity index (χ1v) is 10.3. The van der Waals surface area contributed by atoms with Gasteiger partial charge in [-0.1, -0.05) is 0 Å². The first-order chi connectivity index (χ1) is 16.6. The standard InChI is InChI=1S/C25H25N3O6/c1-30-17-6-7-18(21(11-17)31-2)16-8-19(27-14-29)25-26-12-20(28(25)13-16)15-9-22(32-3)24(34-5)23(10-15)33-4/h6-14H,1-5H3,(H,27,29). The quantitative estimate of drug-likeness (QED) is 0.370. The Hall–Kier alpha value is -4.40. The number of rotatable bonds is 9. The Morgan fingerprint density at radius 2 is 1.53 bits per heavy atom. The zero-order valence-electron chi connectivity index (χ0n) is 19.5. The van der Waals surface area contributed by atoms with Crippen molar-refractivity contribution in [2.75, 3.05) is 40.9 Å². The fraction of sp³-hybridized carbons (Fsp3) is 0.200. The van der Waals surface area contributed by atoms with Crippen LogP contribution in [0.15, 0.2) is 48.8 Å². The van der Waals surface area contributed by atoms with E-state index in [1.54, 1.807) is 47.8 Å². The maximum Gasteiger partial charge on any atom is 0.211 e. The van der Waals surface area contributed by atoms with E-state index in [0.717, 1.165) is 22.4 Å². The number of carbonyl (C=O) groups is 1. The second-order valence-corrected chi connectivity index (χ2v) is 7.22. The average molecular weight is 463 g/mol. The molecular formula is C25H25N3O6. The third-order valence-electron chi connectivity index (χ3n) is 5.50. The van der Waals surface area contributed by atoms with Gasteiger partial charge in [0.2, 0.25) is 12.2 Å². The summed E-state index contributed by atoms with van der Waals surface area (Å²) in [6.45, 7) is 0. The van der Waals surface area contributed by atoms with E-state index in [4.69, 9.17) is 23.7 Å². The third-order valence-corrected chi connectivity index (χ3v) is 5.50. The number of fused-ring (bicyclic) bond motifs is 1. The van der Waals surface area contributed by atoms with Crippen molar-refractivity contribution < 1.29 is 28.5 Å². The lowest BCUT2D eigenvalue weighted by Crippen LogP contribution is -2.01. The minimum Gasteiger partial charge on any atom is -0.497 e. The SMILES string of the molecule is COc1ccc(-c2cc(NC=O)c3ncc(-c4cc(OC)c(OC)c(OC)c4)n3c2)c(OC)c1. The Bertz CT molecular complexity index is 1320. The number of ether oxygens (including phenoxy) is 5. The Balaban J connectivity index is 1.97. The number of imidazole rings is 1. The highest BCUT2D eigenvalue weighted by Crippen LogP contribution is 2.42. The number of methoxy groups -OCH3 is 5. The van der Waals surface area contributed by atoms with Crippen LogP contribution in [0.25, 0.3) is 28.0 Å². The van der Waals surface area contributed by atoms with Gasteiger partial charge in [-0.25, -0.2) is 4.98 Å². The molecule has 0 aliphatic carbocycles. The van der Waals surface area contributed by atoms with Crippen molar-refractivity contribution in [1.29, 1.82) is 0 Å². The summed E-state index contributed by atoms with van der Waals surface area (Å²) >= 11 is 0. The molecule has 0 atom stereocenters. The van der Waals surface area contributed by atoms with Crippen LogP contribution in [-0.4, -0.2) is 51.3 Å². The van der Waals surface area contributed by atoms with E-state index in [-0.39, 0.29) is 0 Å². The minimum atomic E-state index is 0.495. The van der Waals surface area contributed by atoms with E-state index in [1.807, 2.05) is 40.9 Å². The molecule has 0 unspecified atom stereocenters. The molecule has 9 nitrogen and oxygen atoms in total. The molecule has 1 N–H and O–H groups in total. The fourth-order valence-corrected chi connectivity index (χ4v) is 3.88. The number of pyridine rings is 1. The number of nitrogens with zero attached hydrogens (tertiary/aromatic N) is 2. The first-order valence-electron chi connectivity index (χ1n) is 10.3. The van der Waals surface area contributed by atoms with Crippen molar-refractivity contribution >= 4 is 17.7 Å². The van der Waals surface area contributed by atoms with E-state index in [0.29, 0.717) is 46.5 Å².